The van der Waals surface area contributed by atoms with Crippen molar-refractivity contribution in [1.29, 1.82) is 0 Å². The zero-order valence-electron chi connectivity index (χ0n) is 19.2. The summed E-state index contributed by atoms with van der Waals surface area (Å²) < 4.78 is 17.8. The molecule has 6 nitrogen and oxygen atoms in total. The molecule has 1 aliphatic rings. The summed E-state index contributed by atoms with van der Waals surface area (Å²) in [5.74, 6) is 1.07. The number of amides is 1. The molecule has 0 saturated heterocycles. The molecule has 0 N–H and O–H groups in total. The van der Waals surface area contributed by atoms with Gasteiger partial charge < -0.3 is 14.2 Å². The van der Waals surface area contributed by atoms with Crippen LogP contribution in [0.4, 0.5) is 16.2 Å². The Hall–Kier alpha value is -4.36. The Balaban J connectivity index is 1.41. The predicted octanol–water partition coefficient (Wildman–Crippen LogP) is 7.41. The highest BCUT2D eigenvalue weighted by molar-refractivity contribution is 9.10. The second kappa shape index (κ2) is 10.1. The number of methoxy groups -OCH3 is 1. The maximum absolute atomic E-state index is 13.3. The lowest BCUT2D eigenvalue weighted by molar-refractivity contribution is 0.101. The Kier molecular flexibility index (Phi) is 6.56. The fourth-order valence-corrected chi connectivity index (χ4v) is 4.23. The van der Waals surface area contributed by atoms with E-state index >= 15 is 0 Å². The molecule has 0 radical (unpaired) electrons. The number of hydrogen-bond acceptors (Lipinski definition) is 5. The van der Waals surface area contributed by atoms with E-state index in [0.717, 1.165) is 4.47 Å². The first kappa shape index (κ1) is 23.4. The zero-order valence-corrected chi connectivity index (χ0v) is 20.8. The summed E-state index contributed by atoms with van der Waals surface area (Å²) in [6.07, 6.45) is 1.04. The molecule has 1 amide bonds. The third-order valence-corrected chi connectivity index (χ3v) is 6.03. The number of ether oxygens (including phenoxy) is 3. The molecule has 1 aliphatic heterocycles. The summed E-state index contributed by atoms with van der Waals surface area (Å²) in [4.78, 5) is 27.7. The van der Waals surface area contributed by atoms with Crippen LogP contribution >= 0.6 is 15.9 Å². The van der Waals surface area contributed by atoms with Crippen LogP contribution in [0.5, 0.6) is 17.2 Å². The number of fused-ring (bicyclic) bond motifs is 1. The van der Waals surface area contributed by atoms with Crippen molar-refractivity contribution in [2.45, 2.75) is 0 Å². The Morgan fingerprint density at radius 1 is 0.889 bits per heavy atom. The predicted molar refractivity (Wildman–Crippen MR) is 141 cm³/mol. The standard InChI is InChI=1S/C29H20BrNO5/c1-34-25-15-12-20(30)16-19(25)17-27-28(32)24-14-13-23(18-26(24)36-27)35-29(33)31(21-8-4-2-5-9-21)22-10-6-3-7-11-22/h2-18H,1H3. The monoisotopic (exact) mass is 541 g/mol. The molecule has 178 valence electrons. The zero-order chi connectivity index (χ0) is 25.1. The van der Waals surface area contributed by atoms with Gasteiger partial charge in [-0.25, -0.2) is 9.69 Å². The van der Waals surface area contributed by atoms with E-state index < -0.39 is 6.09 Å². The lowest BCUT2D eigenvalue weighted by Gasteiger charge is -2.22. The molecule has 0 bridgehead atoms. The number of Topliss-reactive ketones (excluding diaryl/α,β-unsaturated/α-hetero) is 1. The van der Waals surface area contributed by atoms with Gasteiger partial charge in [-0.2, -0.15) is 0 Å². The molecule has 0 fully saturated rings. The fourth-order valence-electron chi connectivity index (χ4n) is 3.85. The van der Waals surface area contributed by atoms with Crippen LogP contribution in [0.3, 0.4) is 0 Å². The summed E-state index contributed by atoms with van der Waals surface area (Å²) in [7, 11) is 1.56. The van der Waals surface area contributed by atoms with Crippen molar-refractivity contribution >= 4 is 45.3 Å². The van der Waals surface area contributed by atoms with Crippen molar-refractivity contribution in [3.05, 3.63) is 118 Å². The first-order valence-corrected chi connectivity index (χ1v) is 11.9. The van der Waals surface area contributed by atoms with E-state index in [1.807, 2.05) is 72.8 Å². The summed E-state index contributed by atoms with van der Waals surface area (Å²) in [6, 6.07) is 28.6. The fraction of sp³-hybridized carbons (Fsp3) is 0.0345. The molecule has 36 heavy (non-hydrogen) atoms. The lowest BCUT2D eigenvalue weighted by atomic mass is 10.1. The van der Waals surface area contributed by atoms with Crippen LogP contribution in [0, 0.1) is 0 Å². The van der Waals surface area contributed by atoms with Gasteiger partial charge in [-0.1, -0.05) is 52.3 Å². The van der Waals surface area contributed by atoms with Crippen LogP contribution in [-0.2, 0) is 0 Å². The van der Waals surface area contributed by atoms with Crippen LogP contribution in [0.2, 0.25) is 0 Å². The molecule has 1 heterocycles. The highest BCUT2D eigenvalue weighted by Crippen LogP contribution is 2.37. The number of rotatable bonds is 5. The molecule has 0 unspecified atom stereocenters. The quantitative estimate of drug-likeness (QED) is 0.246. The Morgan fingerprint density at radius 2 is 1.56 bits per heavy atom. The number of para-hydroxylation sites is 2. The van der Waals surface area contributed by atoms with Gasteiger partial charge in [0.2, 0.25) is 5.78 Å². The van der Waals surface area contributed by atoms with E-state index in [1.165, 1.54) is 11.0 Å². The molecular weight excluding hydrogens is 522 g/mol. The maximum Gasteiger partial charge on any atom is 0.424 e. The molecule has 0 atom stereocenters. The lowest BCUT2D eigenvalue weighted by Crippen LogP contribution is -2.29. The van der Waals surface area contributed by atoms with Crippen molar-refractivity contribution in [2.24, 2.45) is 0 Å². The smallest absolute Gasteiger partial charge is 0.424 e. The third kappa shape index (κ3) is 4.74. The second-order valence-electron chi connectivity index (χ2n) is 7.86. The van der Waals surface area contributed by atoms with E-state index in [1.54, 1.807) is 31.4 Å². The summed E-state index contributed by atoms with van der Waals surface area (Å²) in [5.41, 5.74) is 2.40. The number of anilines is 2. The molecule has 4 aromatic carbocycles. The number of nitrogens with zero attached hydrogens (tertiary/aromatic N) is 1. The van der Waals surface area contributed by atoms with Crippen molar-refractivity contribution in [3.8, 4) is 17.2 Å². The van der Waals surface area contributed by atoms with Gasteiger partial charge in [0.25, 0.3) is 0 Å². The van der Waals surface area contributed by atoms with Crippen LogP contribution in [0.1, 0.15) is 15.9 Å². The van der Waals surface area contributed by atoms with Gasteiger partial charge in [0.1, 0.15) is 17.2 Å². The minimum atomic E-state index is -0.591. The molecule has 5 rings (SSSR count). The van der Waals surface area contributed by atoms with E-state index in [2.05, 4.69) is 15.9 Å². The Labute approximate surface area is 216 Å². The molecule has 0 saturated carbocycles. The SMILES string of the molecule is COc1ccc(Br)cc1C=C1Oc2cc(OC(=O)N(c3ccccc3)c3ccccc3)ccc2C1=O. The molecule has 0 spiro atoms. The highest BCUT2D eigenvalue weighted by atomic mass is 79.9. The van der Waals surface area contributed by atoms with Crippen LogP contribution < -0.4 is 19.1 Å². The first-order chi connectivity index (χ1) is 17.5. The number of benzene rings is 4. The van der Waals surface area contributed by atoms with Gasteiger partial charge in [0.15, 0.2) is 5.76 Å². The van der Waals surface area contributed by atoms with Gasteiger partial charge in [-0.3, -0.25) is 4.79 Å². The number of hydrogen-bond donors (Lipinski definition) is 0. The van der Waals surface area contributed by atoms with E-state index in [0.29, 0.717) is 34.0 Å². The number of halogens is 1. The van der Waals surface area contributed by atoms with E-state index in [9.17, 15) is 9.59 Å². The van der Waals surface area contributed by atoms with Crippen LogP contribution in [-0.4, -0.2) is 19.0 Å². The molecule has 0 aliphatic carbocycles. The molecule has 7 heteroatoms. The maximum atomic E-state index is 13.3. The first-order valence-electron chi connectivity index (χ1n) is 11.1. The second-order valence-corrected chi connectivity index (χ2v) is 8.77. The summed E-state index contributed by atoms with van der Waals surface area (Å²) >= 11 is 3.43. The minimum absolute atomic E-state index is 0.153. The topological polar surface area (TPSA) is 65.1 Å². The van der Waals surface area contributed by atoms with Crippen molar-refractivity contribution < 1.29 is 23.8 Å². The van der Waals surface area contributed by atoms with Crippen LogP contribution in [0.25, 0.3) is 6.08 Å². The summed E-state index contributed by atoms with van der Waals surface area (Å²) in [6.45, 7) is 0. The van der Waals surface area contributed by atoms with Gasteiger partial charge in [-0.05, 0) is 60.7 Å². The minimum Gasteiger partial charge on any atom is -0.496 e. The molecular formula is C29H20BrNO5. The van der Waals surface area contributed by atoms with E-state index in [-0.39, 0.29) is 17.3 Å². The Bertz CT molecular complexity index is 1430. The Morgan fingerprint density at radius 3 is 2.19 bits per heavy atom. The number of allylic oxidation sites excluding steroid dienone is 1. The highest BCUT2D eigenvalue weighted by Gasteiger charge is 2.29. The van der Waals surface area contributed by atoms with Gasteiger partial charge in [-0.15, -0.1) is 0 Å². The average molecular weight is 542 g/mol. The number of carbonyl (C=O) groups is 2. The van der Waals surface area contributed by atoms with Crippen molar-refractivity contribution in [2.75, 3.05) is 12.0 Å². The van der Waals surface area contributed by atoms with Crippen LogP contribution in [0.15, 0.2) is 107 Å². The summed E-state index contributed by atoms with van der Waals surface area (Å²) in [5, 5.41) is 0. The van der Waals surface area contributed by atoms with Crippen molar-refractivity contribution in [1.82, 2.24) is 0 Å². The number of carbonyl (C=O) groups excluding carboxylic acids is 2. The van der Waals surface area contributed by atoms with E-state index in [4.69, 9.17) is 14.2 Å². The van der Waals surface area contributed by atoms with Gasteiger partial charge in [0.05, 0.1) is 24.0 Å². The van der Waals surface area contributed by atoms with Gasteiger partial charge >= 0.3 is 6.09 Å². The normalized spacial score (nSPS) is 13.2. The van der Waals surface area contributed by atoms with Gasteiger partial charge in [0, 0.05) is 16.1 Å². The van der Waals surface area contributed by atoms with Crippen molar-refractivity contribution in [3.63, 3.8) is 0 Å². The largest absolute Gasteiger partial charge is 0.496 e. The molecule has 4 aromatic rings. The molecule has 0 aromatic heterocycles. The average Bonchev–Trinajstić information content (AvgIpc) is 3.20. The number of ketones is 1. The third-order valence-electron chi connectivity index (χ3n) is 5.54.